The van der Waals surface area contributed by atoms with Crippen molar-refractivity contribution in [2.24, 2.45) is 0 Å². The summed E-state index contributed by atoms with van der Waals surface area (Å²) in [5, 5.41) is 0. The maximum atomic E-state index is 12.8. The van der Waals surface area contributed by atoms with E-state index in [0.717, 1.165) is 30.6 Å². The molecular formula is C21H35NO2. The predicted octanol–water partition coefficient (Wildman–Crippen LogP) is 5.57. The number of hydrogen-bond donors (Lipinski definition) is 0. The van der Waals surface area contributed by atoms with Gasteiger partial charge >= 0.3 is 0 Å². The van der Waals surface area contributed by atoms with E-state index in [1.165, 1.54) is 25.7 Å². The summed E-state index contributed by atoms with van der Waals surface area (Å²) in [7, 11) is 1.68. The third-order valence-electron chi connectivity index (χ3n) is 4.49. The van der Waals surface area contributed by atoms with E-state index < -0.39 is 0 Å². The predicted molar refractivity (Wildman–Crippen MR) is 101 cm³/mol. The summed E-state index contributed by atoms with van der Waals surface area (Å²) in [4.78, 5) is 14.9. The van der Waals surface area contributed by atoms with Crippen molar-refractivity contribution in [1.82, 2.24) is 4.90 Å². The molecule has 0 saturated heterocycles. The van der Waals surface area contributed by atoms with Gasteiger partial charge in [0.1, 0.15) is 5.75 Å². The second-order valence-corrected chi connectivity index (χ2v) is 6.56. The lowest BCUT2D eigenvalue weighted by atomic mass is 10.00. The average molecular weight is 334 g/mol. The van der Waals surface area contributed by atoms with Crippen molar-refractivity contribution in [1.29, 1.82) is 0 Å². The second kappa shape index (κ2) is 11.9. The molecule has 1 aromatic rings. The Morgan fingerprint density at radius 3 is 2.29 bits per heavy atom. The van der Waals surface area contributed by atoms with Gasteiger partial charge in [0.2, 0.25) is 5.91 Å². The van der Waals surface area contributed by atoms with Gasteiger partial charge in [0.15, 0.2) is 0 Å². The van der Waals surface area contributed by atoms with Crippen molar-refractivity contribution in [3.63, 3.8) is 0 Å². The number of methoxy groups -OCH3 is 1. The van der Waals surface area contributed by atoms with Crippen LogP contribution in [0.3, 0.4) is 0 Å². The second-order valence-electron chi connectivity index (χ2n) is 6.56. The van der Waals surface area contributed by atoms with Crippen LogP contribution in [0.4, 0.5) is 0 Å². The van der Waals surface area contributed by atoms with E-state index in [1.54, 1.807) is 7.11 Å². The maximum Gasteiger partial charge on any atom is 0.223 e. The molecule has 0 aliphatic carbocycles. The van der Waals surface area contributed by atoms with Crippen LogP contribution in [0.5, 0.6) is 5.75 Å². The Balaban J connectivity index is 2.95. The molecule has 0 aliphatic heterocycles. The van der Waals surface area contributed by atoms with Crippen molar-refractivity contribution in [2.75, 3.05) is 7.11 Å². The molecule has 0 saturated carbocycles. The fraction of sp³-hybridized carbons (Fsp3) is 0.667. The van der Waals surface area contributed by atoms with Gasteiger partial charge in [0.05, 0.1) is 7.11 Å². The zero-order valence-electron chi connectivity index (χ0n) is 16.0. The minimum Gasteiger partial charge on any atom is -0.497 e. The maximum absolute atomic E-state index is 12.8. The topological polar surface area (TPSA) is 29.5 Å². The molecule has 24 heavy (non-hydrogen) atoms. The molecule has 0 N–H and O–H groups in total. The zero-order valence-corrected chi connectivity index (χ0v) is 16.0. The first-order chi connectivity index (χ1) is 11.7. The summed E-state index contributed by atoms with van der Waals surface area (Å²) in [6.45, 7) is 7.21. The molecule has 0 spiro atoms. The van der Waals surface area contributed by atoms with Crippen LogP contribution in [0.25, 0.3) is 0 Å². The fourth-order valence-corrected chi connectivity index (χ4v) is 3.08. The molecule has 0 aromatic heterocycles. The number of benzene rings is 1. The van der Waals surface area contributed by atoms with Crippen molar-refractivity contribution < 1.29 is 9.53 Å². The number of nitrogens with zero attached hydrogens (tertiary/aromatic N) is 1. The van der Waals surface area contributed by atoms with Crippen molar-refractivity contribution in [3.05, 3.63) is 29.8 Å². The molecule has 0 unspecified atom stereocenters. The Hall–Kier alpha value is -1.51. The first-order valence-electron chi connectivity index (χ1n) is 9.58. The standard InChI is InChI=1S/C21H35NO2/c1-5-8-13-19(14-9-6-2)22(21(23)11-7-3)17-18-12-10-15-20(16-18)24-4/h10,12,15-16,19H,5-9,11,13-14,17H2,1-4H3. The molecule has 0 atom stereocenters. The third-order valence-corrected chi connectivity index (χ3v) is 4.49. The van der Waals surface area contributed by atoms with Gasteiger partial charge in [0, 0.05) is 19.0 Å². The quantitative estimate of drug-likeness (QED) is 0.500. The van der Waals surface area contributed by atoms with E-state index in [4.69, 9.17) is 4.74 Å². The molecule has 0 bridgehead atoms. The van der Waals surface area contributed by atoms with Crippen LogP contribution in [0.1, 0.15) is 77.7 Å². The largest absolute Gasteiger partial charge is 0.497 e. The number of hydrogen-bond acceptors (Lipinski definition) is 2. The molecule has 0 radical (unpaired) electrons. The summed E-state index contributed by atoms with van der Waals surface area (Å²) in [5.41, 5.74) is 1.15. The number of unbranched alkanes of at least 4 members (excludes halogenated alkanes) is 2. The lowest BCUT2D eigenvalue weighted by molar-refractivity contribution is -0.134. The molecule has 0 aliphatic rings. The minimum atomic E-state index is 0.289. The van der Waals surface area contributed by atoms with Gasteiger partial charge in [-0.15, -0.1) is 0 Å². The summed E-state index contributed by atoms with van der Waals surface area (Å²) >= 11 is 0. The number of rotatable bonds is 12. The average Bonchev–Trinajstić information content (AvgIpc) is 2.60. The summed E-state index contributed by atoms with van der Waals surface area (Å²) in [5.74, 6) is 1.14. The van der Waals surface area contributed by atoms with Crippen LogP contribution in [0.15, 0.2) is 24.3 Å². The van der Waals surface area contributed by atoms with E-state index in [2.05, 4.69) is 31.7 Å². The highest BCUT2D eigenvalue weighted by Crippen LogP contribution is 2.22. The zero-order chi connectivity index (χ0) is 17.8. The first-order valence-corrected chi connectivity index (χ1v) is 9.58. The van der Waals surface area contributed by atoms with Crippen LogP contribution in [-0.4, -0.2) is 24.0 Å². The van der Waals surface area contributed by atoms with Gasteiger partial charge in [-0.05, 0) is 37.0 Å². The van der Waals surface area contributed by atoms with Crippen molar-refractivity contribution in [2.45, 2.75) is 84.7 Å². The highest BCUT2D eigenvalue weighted by molar-refractivity contribution is 5.76. The molecular weight excluding hydrogens is 298 g/mol. The molecule has 0 heterocycles. The molecule has 3 heteroatoms. The SMILES string of the molecule is CCCCC(CCCC)N(Cc1cccc(OC)c1)C(=O)CCC. The van der Waals surface area contributed by atoms with Gasteiger partial charge in [0.25, 0.3) is 0 Å². The monoisotopic (exact) mass is 333 g/mol. The summed E-state index contributed by atoms with van der Waals surface area (Å²) in [6, 6.07) is 8.45. The smallest absolute Gasteiger partial charge is 0.223 e. The lowest BCUT2D eigenvalue weighted by Gasteiger charge is -2.32. The van der Waals surface area contributed by atoms with E-state index in [1.807, 2.05) is 18.2 Å². The van der Waals surface area contributed by atoms with Crippen molar-refractivity contribution in [3.8, 4) is 5.75 Å². The fourth-order valence-electron chi connectivity index (χ4n) is 3.08. The Kier molecular flexibility index (Phi) is 10.2. The highest BCUT2D eigenvalue weighted by Gasteiger charge is 2.22. The highest BCUT2D eigenvalue weighted by atomic mass is 16.5. The van der Waals surface area contributed by atoms with Crippen LogP contribution < -0.4 is 4.74 Å². The Labute approximate surface area is 148 Å². The third kappa shape index (κ3) is 6.94. The summed E-state index contributed by atoms with van der Waals surface area (Å²) in [6.07, 6.45) is 8.48. The number of amides is 1. The number of ether oxygens (including phenoxy) is 1. The van der Waals surface area contributed by atoms with Gasteiger partial charge in [-0.3, -0.25) is 4.79 Å². The molecule has 3 nitrogen and oxygen atoms in total. The number of carbonyl (C=O) groups excluding carboxylic acids is 1. The van der Waals surface area contributed by atoms with Gasteiger partial charge in [-0.25, -0.2) is 0 Å². The van der Waals surface area contributed by atoms with Gasteiger partial charge in [-0.1, -0.05) is 58.6 Å². The molecule has 1 aromatic carbocycles. The molecule has 1 rings (SSSR count). The van der Waals surface area contributed by atoms with E-state index >= 15 is 0 Å². The molecule has 0 fully saturated rings. The Morgan fingerprint density at radius 1 is 1.08 bits per heavy atom. The van der Waals surface area contributed by atoms with Crippen LogP contribution >= 0.6 is 0 Å². The van der Waals surface area contributed by atoms with Crippen LogP contribution in [0, 0.1) is 0 Å². The van der Waals surface area contributed by atoms with E-state index in [0.29, 0.717) is 19.0 Å². The lowest BCUT2D eigenvalue weighted by Crippen LogP contribution is -2.39. The van der Waals surface area contributed by atoms with Gasteiger partial charge < -0.3 is 9.64 Å². The molecule has 136 valence electrons. The van der Waals surface area contributed by atoms with Crippen molar-refractivity contribution >= 4 is 5.91 Å². The first kappa shape index (κ1) is 20.5. The molecule has 1 amide bonds. The summed E-state index contributed by atoms with van der Waals surface area (Å²) < 4.78 is 5.33. The van der Waals surface area contributed by atoms with Gasteiger partial charge in [-0.2, -0.15) is 0 Å². The Bertz CT molecular complexity index is 465. The van der Waals surface area contributed by atoms with Crippen LogP contribution in [-0.2, 0) is 11.3 Å². The van der Waals surface area contributed by atoms with E-state index in [9.17, 15) is 4.79 Å². The number of carbonyl (C=O) groups is 1. The van der Waals surface area contributed by atoms with Crippen LogP contribution in [0.2, 0.25) is 0 Å². The van der Waals surface area contributed by atoms with E-state index in [-0.39, 0.29) is 5.91 Å². The minimum absolute atomic E-state index is 0.289. The Morgan fingerprint density at radius 2 is 1.75 bits per heavy atom. The normalized spacial score (nSPS) is 10.9.